The average molecular weight is 293 g/mol. The van der Waals surface area contributed by atoms with Gasteiger partial charge < -0.3 is 15.3 Å². The number of carboxylic acid groups (broad SMARTS) is 1. The third-order valence-electron chi connectivity index (χ3n) is 3.41. The van der Waals surface area contributed by atoms with E-state index in [2.05, 4.69) is 5.32 Å². The van der Waals surface area contributed by atoms with Crippen LogP contribution in [0, 0.1) is 10.1 Å². The highest BCUT2D eigenvalue weighted by atomic mass is 16.6. The van der Waals surface area contributed by atoms with Crippen LogP contribution in [-0.4, -0.2) is 41.0 Å². The molecule has 1 saturated carbocycles. The Morgan fingerprint density at radius 3 is 2.57 bits per heavy atom. The van der Waals surface area contributed by atoms with Gasteiger partial charge in [-0.15, -0.1) is 0 Å². The third-order valence-corrected chi connectivity index (χ3v) is 3.41. The Labute approximate surface area is 120 Å². The number of nitrogens with zero attached hydrogens (tertiary/aromatic N) is 2. The van der Waals surface area contributed by atoms with Gasteiger partial charge in [0.2, 0.25) is 5.91 Å². The molecule has 0 spiro atoms. The number of carboxylic acids is 1. The minimum absolute atomic E-state index is 0.104. The Morgan fingerprint density at radius 1 is 1.43 bits per heavy atom. The summed E-state index contributed by atoms with van der Waals surface area (Å²) in [6.45, 7) is -0.153. The standard InChI is InChI=1S/C13H15N3O5/c1-15(9-4-2-3-5-10(9)16(20)21)8-11(17)14-13(6-7-13)12(18)19/h2-5H,6-8H2,1H3,(H,14,17)(H,18,19). The maximum Gasteiger partial charge on any atom is 0.329 e. The summed E-state index contributed by atoms with van der Waals surface area (Å²) in [5, 5.41) is 22.4. The first-order valence-corrected chi connectivity index (χ1v) is 6.35. The van der Waals surface area contributed by atoms with Crippen LogP contribution in [0.4, 0.5) is 11.4 Å². The van der Waals surface area contributed by atoms with Crippen LogP contribution < -0.4 is 10.2 Å². The first-order valence-electron chi connectivity index (χ1n) is 6.35. The molecule has 1 aliphatic carbocycles. The minimum atomic E-state index is -1.15. The number of nitro groups is 1. The maximum atomic E-state index is 11.9. The van der Waals surface area contributed by atoms with Gasteiger partial charge in [0.05, 0.1) is 11.5 Å². The Morgan fingerprint density at radius 2 is 2.05 bits per heavy atom. The predicted octanol–water partition coefficient (Wildman–Crippen LogP) is 0.764. The number of rotatable bonds is 6. The summed E-state index contributed by atoms with van der Waals surface area (Å²) in [5.74, 6) is -1.53. The molecule has 1 fully saturated rings. The molecule has 1 aliphatic rings. The van der Waals surface area contributed by atoms with Crippen molar-refractivity contribution in [3.05, 3.63) is 34.4 Å². The van der Waals surface area contributed by atoms with E-state index in [0.29, 0.717) is 18.5 Å². The van der Waals surface area contributed by atoms with E-state index in [1.54, 1.807) is 19.2 Å². The number of hydrogen-bond donors (Lipinski definition) is 2. The molecule has 0 saturated heterocycles. The molecule has 1 amide bonds. The number of carbonyl (C=O) groups excluding carboxylic acids is 1. The first kappa shape index (κ1) is 14.8. The number of aliphatic carboxylic acids is 1. The van der Waals surface area contributed by atoms with Crippen molar-refractivity contribution in [3.8, 4) is 0 Å². The molecule has 112 valence electrons. The molecule has 2 rings (SSSR count). The van der Waals surface area contributed by atoms with E-state index in [4.69, 9.17) is 5.11 Å². The van der Waals surface area contributed by atoms with E-state index in [0.717, 1.165) is 0 Å². The highest BCUT2D eigenvalue weighted by Crippen LogP contribution is 2.35. The second kappa shape index (κ2) is 5.39. The number of likely N-dealkylation sites (N-methyl/N-ethyl adjacent to an activating group) is 1. The number of hydrogen-bond acceptors (Lipinski definition) is 5. The molecule has 21 heavy (non-hydrogen) atoms. The van der Waals surface area contributed by atoms with Gasteiger partial charge >= 0.3 is 5.97 Å². The SMILES string of the molecule is CN(CC(=O)NC1(C(=O)O)CC1)c1ccccc1[N+](=O)[O-]. The van der Waals surface area contributed by atoms with Crippen molar-refractivity contribution in [2.24, 2.45) is 0 Å². The van der Waals surface area contributed by atoms with E-state index in [1.807, 2.05) is 0 Å². The van der Waals surface area contributed by atoms with E-state index in [1.165, 1.54) is 17.0 Å². The Balaban J connectivity index is 2.05. The summed E-state index contributed by atoms with van der Waals surface area (Å²) in [5.41, 5.74) is -0.953. The number of nitro benzene ring substituents is 1. The van der Waals surface area contributed by atoms with Gasteiger partial charge in [-0.3, -0.25) is 14.9 Å². The highest BCUT2D eigenvalue weighted by Gasteiger charge is 2.51. The van der Waals surface area contributed by atoms with Crippen LogP contribution in [0.1, 0.15) is 12.8 Å². The van der Waals surface area contributed by atoms with Crippen molar-refractivity contribution in [2.45, 2.75) is 18.4 Å². The molecule has 0 heterocycles. The Bertz CT molecular complexity index is 597. The van der Waals surface area contributed by atoms with Crippen LogP contribution in [0.2, 0.25) is 0 Å². The molecule has 2 N–H and O–H groups in total. The lowest BCUT2D eigenvalue weighted by Crippen LogP contribution is -2.46. The molecule has 8 nitrogen and oxygen atoms in total. The van der Waals surface area contributed by atoms with Crippen LogP contribution >= 0.6 is 0 Å². The monoisotopic (exact) mass is 293 g/mol. The number of carbonyl (C=O) groups is 2. The lowest BCUT2D eigenvalue weighted by atomic mass is 10.2. The van der Waals surface area contributed by atoms with Gasteiger partial charge in [-0.25, -0.2) is 4.79 Å². The average Bonchev–Trinajstić information content (AvgIpc) is 3.19. The molecule has 0 aromatic heterocycles. The fraction of sp³-hybridized carbons (Fsp3) is 0.385. The van der Waals surface area contributed by atoms with Crippen molar-refractivity contribution in [1.82, 2.24) is 5.32 Å². The zero-order valence-corrected chi connectivity index (χ0v) is 11.4. The fourth-order valence-corrected chi connectivity index (χ4v) is 2.07. The van der Waals surface area contributed by atoms with Crippen molar-refractivity contribution in [1.29, 1.82) is 0 Å². The molecule has 0 unspecified atom stereocenters. The van der Waals surface area contributed by atoms with E-state index in [-0.39, 0.29) is 12.2 Å². The van der Waals surface area contributed by atoms with E-state index < -0.39 is 22.3 Å². The molecular formula is C13H15N3O5. The summed E-state index contributed by atoms with van der Waals surface area (Å²) < 4.78 is 0. The summed E-state index contributed by atoms with van der Waals surface area (Å²) in [4.78, 5) is 34.7. The second-order valence-corrected chi connectivity index (χ2v) is 5.04. The van der Waals surface area contributed by atoms with Gasteiger partial charge in [0.25, 0.3) is 5.69 Å². The first-order chi connectivity index (χ1) is 9.85. The highest BCUT2D eigenvalue weighted by molar-refractivity contribution is 5.91. The maximum absolute atomic E-state index is 11.9. The third kappa shape index (κ3) is 3.10. The quantitative estimate of drug-likeness (QED) is 0.591. The number of benzene rings is 1. The summed E-state index contributed by atoms with van der Waals surface area (Å²) >= 11 is 0. The molecule has 0 radical (unpaired) electrons. The molecule has 1 aromatic carbocycles. The lowest BCUT2D eigenvalue weighted by Gasteiger charge is -2.20. The van der Waals surface area contributed by atoms with Gasteiger partial charge in [0.1, 0.15) is 11.2 Å². The largest absolute Gasteiger partial charge is 0.480 e. The molecule has 8 heteroatoms. The van der Waals surface area contributed by atoms with Crippen molar-refractivity contribution in [2.75, 3.05) is 18.5 Å². The Hall–Kier alpha value is -2.64. The molecule has 0 bridgehead atoms. The summed E-state index contributed by atoms with van der Waals surface area (Å²) in [6, 6.07) is 6.06. The molecule has 0 aliphatic heterocycles. The molecule has 0 atom stereocenters. The number of anilines is 1. The number of para-hydroxylation sites is 2. The van der Waals surface area contributed by atoms with Crippen LogP contribution in [0.15, 0.2) is 24.3 Å². The van der Waals surface area contributed by atoms with Crippen LogP contribution in [0.3, 0.4) is 0 Å². The minimum Gasteiger partial charge on any atom is -0.480 e. The summed E-state index contributed by atoms with van der Waals surface area (Å²) in [6.07, 6.45) is 0.812. The number of nitrogens with one attached hydrogen (secondary N) is 1. The van der Waals surface area contributed by atoms with Crippen LogP contribution in [-0.2, 0) is 9.59 Å². The van der Waals surface area contributed by atoms with Gasteiger partial charge in [0.15, 0.2) is 0 Å². The second-order valence-electron chi connectivity index (χ2n) is 5.04. The fourth-order valence-electron chi connectivity index (χ4n) is 2.07. The topological polar surface area (TPSA) is 113 Å². The Kier molecular flexibility index (Phi) is 3.79. The summed E-state index contributed by atoms with van der Waals surface area (Å²) in [7, 11) is 1.54. The number of amides is 1. The van der Waals surface area contributed by atoms with Crippen LogP contribution in [0.25, 0.3) is 0 Å². The van der Waals surface area contributed by atoms with E-state index in [9.17, 15) is 19.7 Å². The zero-order valence-electron chi connectivity index (χ0n) is 11.4. The van der Waals surface area contributed by atoms with Gasteiger partial charge in [0, 0.05) is 13.1 Å². The van der Waals surface area contributed by atoms with Crippen molar-refractivity contribution in [3.63, 3.8) is 0 Å². The molecular weight excluding hydrogens is 278 g/mol. The van der Waals surface area contributed by atoms with Gasteiger partial charge in [-0.1, -0.05) is 12.1 Å². The van der Waals surface area contributed by atoms with E-state index >= 15 is 0 Å². The van der Waals surface area contributed by atoms with Gasteiger partial charge in [-0.2, -0.15) is 0 Å². The normalized spacial score (nSPS) is 15.1. The van der Waals surface area contributed by atoms with Crippen molar-refractivity contribution >= 4 is 23.3 Å². The van der Waals surface area contributed by atoms with Gasteiger partial charge in [-0.05, 0) is 18.9 Å². The predicted molar refractivity (Wildman–Crippen MR) is 74.1 cm³/mol. The molecule has 1 aromatic rings. The van der Waals surface area contributed by atoms with Crippen molar-refractivity contribution < 1.29 is 19.6 Å². The zero-order chi connectivity index (χ0) is 15.6. The smallest absolute Gasteiger partial charge is 0.329 e. The van der Waals surface area contributed by atoms with Crippen LogP contribution in [0.5, 0.6) is 0 Å². The lowest BCUT2D eigenvalue weighted by molar-refractivity contribution is -0.384.